The van der Waals surface area contributed by atoms with Crippen molar-refractivity contribution in [1.29, 1.82) is 0 Å². The molecule has 0 saturated carbocycles. The summed E-state index contributed by atoms with van der Waals surface area (Å²) in [5, 5.41) is 9.62. The van der Waals surface area contributed by atoms with Gasteiger partial charge < -0.3 is 14.6 Å². The van der Waals surface area contributed by atoms with Crippen molar-refractivity contribution in [3.8, 4) is 11.5 Å². The number of carbonyl (C=O) groups is 1. The van der Waals surface area contributed by atoms with Crippen LogP contribution in [0.2, 0.25) is 0 Å². The second-order valence-electron chi connectivity index (χ2n) is 5.39. The van der Waals surface area contributed by atoms with Crippen LogP contribution in [-0.4, -0.2) is 24.8 Å². The lowest BCUT2D eigenvalue weighted by atomic mass is 9.91. The summed E-state index contributed by atoms with van der Waals surface area (Å²) in [7, 11) is 1.57. The van der Waals surface area contributed by atoms with E-state index in [0.29, 0.717) is 24.5 Å². The minimum absolute atomic E-state index is 0.350. The molecule has 2 aromatic rings. The van der Waals surface area contributed by atoms with E-state index in [1.54, 1.807) is 7.11 Å². The zero-order valence-electron chi connectivity index (χ0n) is 13.7. The van der Waals surface area contributed by atoms with Gasteiger partial charge in [0.25, 0.3) is 0 Å². The molecule has 23 heavy (non-hydrogen) atoms. The van der Waals surface area contributed by atoms with E-state index in [0.717, 1.165) is 16.7 Å². The molecule has 0 aliphatic rings. The normalized spacial score (nSPS) is 11.8. The Bertz CT molecular complexity index is 662. The highest BCUT2D eigenvalue weighted by Gasteiger charge is 2.23. The van der Waals surface area contributed by atoms with Crippen LogP contribution >= 0.6 is 0 Å². The number of aliphatic carboxylic acids is 1. The van der Waals surface area contributed by atoms with E-state index in [1.165, 1.54) is 0 Å². The second-order valence-corrected chi connectivity index (χ2v) is 5.39. The number of para-hydroxylation sites is 1. The highest BCUT2D eigenvalue weighted by Crippen LogP contribution is 2.34. The van der Waals surface area contributed by atoms with Crippen molar-refractivity contribution < 1.29 is 19.4 Å². The van der Waals surface area contributed by atoms with Gasteiger partial charge in [0.05, 0.1) is 19.6 Å². The van der Waals surface area contributed by atoms with Gasteiger partial charge in [-0.15, -0.1) is 0 Å². The lowest BCUT2D eigenvalue weighted by molar-refractivity contribution is -0.138. The first kappa shape index (κ1) is 16.9. The van der Waals surface area contributed by atoms with Crippen LogP contribution in [0.15, 0.2) is 42.5 Å². The number of carboxylic acids is 1. The van der Waals surface area contributed by atoms with E-state index in [9.17, 15) is 9.90 Å². The van der Waals surface area contributed by atoms with Gasteiger partial charge in [-0.05, 0) is 37.5 Å². The minimum Gasteiger partial charge on any atom is -0.493 e. The fourth-order valence-electron chi connectivity index (χ4n) is 2.59. The first-order valence-corrected chi connectivity index (χ1v) is 7.64. The number of hydrogen-bond donors (Lipinski definition) is 1. The molecule has 1 unspecified atom stereocenters. The molecule has 2 rings (SSSR count). The van der Waals surface area contributed by atoms with Gasteiger partial charge in [0.2, 0.25) is 0 Å². The molecule has 0 saturated heterocycles. The average molecular weight is 314 g/mol. The molecule has 122 valence electrons. The number of benzene rings is 2. The first-order chi connectivity index (χ1) is 11.1. The van der Waals surface area contributed by atoms with E-state index < -0.39 is 11.9 Å². The number of rotatable bonds is 7. The summed E-state index contributed by atoms with van der Waals surface area (Å²) in [5.74, 6) is -0.229. The Labute approximate surface area is 136 Å². The van der Waals surface area contributed by atoms with Crippen LogP contribution in [0.4, 0.5) is 0 Å². The minimum atomic E-state index is -0.849. The predicted octanol–water partition coefficient (Wildman–Crippen LogP) is 3.81. The third-order valence-corrected chi connectivity index (χ3v) is 3.77. The van der Waals surface area contributed by atoms with Crippen molar-refractivity contribution in [3.05, 3.63) is 59.2 Å². The maximum atomic E-state index is 11.7. The molecule has 4 nitrogen and oxygen atoms in total. The molecule has 1 atom stereocenters. The molecule has 0 heterocycles. The first-order valence-electron chi connectivity index (χ1n) is 7.64. The maximum absolute atomic E-state index is 11.7. The van der Waals surface area contributed by atoms with Crippen molar-refractivity contribution in [3.63, 3.8) is 0 Å². The molecule has 4 heteroatoms. The Morgan fingerprint density at radius 3 is 2.43 bits per heavy atom. The SMILES string of the molecule is CCOc1cccc(CC(C(=O)O)c2ccc(C)cc2)c1OC. The van der Waals surface area contributed by atoms with Gasteiger partial charge in [0, 0.05) is 0 Å². The Kier molecular flexibility index (Phi) is 5.63. The number of methoxy groups -OCH3 is 1. The van der Waals surface area contributed by atoms with Gasteiger partial charge in [0.15, 0.2) is 11.5 Å². The molecule has 0 aromatic heterocycles. The summed E-state index contributed by atoms with van der Waals surface area (Å²) in [6.07, 6.45) is 0.350. The van der Waals surface area contributed by atoms with E-state index in [-0.39, 0.29) is 0 Å². The summed E-state index contributed by atoms with van der Waals surface area (Å²) >= 11 is 0. The fourth-order valence-corrected chi connectivity index (χ4v) is 2.59. The summed E-state index contributed by atoms with van der Waals surface area (Å²) in [6, 6.07) is 13.2. The van der Waals surface area contributed by atoms with E-state index >= 15 is 0 Å². The molecule has 1 N–H and O–H groups in total. The van der Waals surface area contributed by atoms with Crippen LogP contribution < -0.4 is 9.47 Å². The van der Waals surface area contributed by atoms with Crippen LogP contribution in [0.1, 0.15) is 29.5 Å². The number of hydrogen-bond acceptors (Lipinski definition) is 3. The van der Waals surface area contributed by atoms with Gasteiger partial charge in [0.1, 0.15) is 0 Å². The summed E-state index contributed by atoms with van der Waals surface area (Å²) in [6.45, 7) is 4.41. The van der Waals surface area contributed by atoms with Gasteiger partial charge in [-0.3, -0.25) is 4.79 Å². The van der Waals surface area contributed by atoms with Crippen molar-refractivity contribution in [2.75, 3.05) is 13.7 Å². The molecule has 0 aliphatic carbocycles. The molecular weight excluding hydrogens is 292 g/mol. The predicted molar refractivity (Wildman–Crippen MR) is 89.4 cm³/mol. The van der Waals surface area contributed by atoms with Crippen LogP contribution in [0, 0.1) is 6.92 Å². The summed E-state index contributed by atoms with van der Waals surface area (Å²) < 4.78 is 11.0. The van der Waals surface area contributed by atoms with Gasteiger partial charge in [-0.2, -0.15) is 0 Å². The highest BCUT2D eigenvalue weighted by molar-refractivity contribution is 5.76. The van der Waals surface area contributed by atoms with Gasteiger partial charge in [-0.1, -0.05) is 42.0 Å². The zero-order valence-corrected chi connectivity index (χ0v) is 13.7. The van der Waals surface area contributed by atoms with Gasteiger partial charge in [-0.25, -0.2) is 0 Å². The number of carboxylic acid groups (broad SMARTS) is 1. The van der Waals surface area contributed by atoms with Crippen molar-refractivity contribution in [2.45, 2.75) is 26.2 Å². The third kappa shape index (κ3) is 4.03. The van der Waals surface area contributed by atoms with E-state index in [2.05, 4.69) is 0 Å². The van der Waals surface area contributed by atoms with Crippen LogP contribution in [0.3, 0.4) is 0 Å². The van der Waals surface area contributed by atoms with Crippen molar-refractivity contribution >= 4 is 5.97 Å². The largest absolute Gasteiger partial charge is 0.493 e. The fraction of sp³-hybridized carbons (Fsp3) is 0.316. The van der Waals surface area contributed by atoms with Crippen LogP contribution in [-0.2, 0) is 11.2 Å². The van der Waals surface area contributed by atoms with Crippen LogP contribution in [0.5, 0.6) is 11.5 Å². The monoisotopic (exact) mass is 314 g/mol. The molecule has 0 bridgehead atoms. The van der Waals surface area contributed by atoms with E-state index in [1.807, 2.05) is 56.3 Å². The van der Waals surface area contributed by atoms with Crippen LogP contribution in [0.25, 0.3) is 0 Å². The second kappa shape index (κ2) is 7.68. The van der Waals surface area contributed by atoms with Crippen molar-refractivity contribution in [1.82, 2.24) is 0 Å². The highest BCUT2D eigenvalue weighted by atomic mass is 16.5. The lowest BCUT2D eigenvalue weighted by Crippen LogP contribution is -2.15. The molecule has 0 amide bonds. The standard InChI is InChI=1S/C19H22O4/c1-4-23-17-7-5-6-15(18(17)22-3)12-16(19(20)21)14-10-8-13(2)9-11-14/h5-11,16H,4,12H2,1-3H3,(H,20,21). The molecule has 0 spiro atoms. The topological polar surface area (TPSA) is 55.8 Å². The molecular formula is C19H22O4. The number of ether oxygens (including phenoxy) is 2. The third-order valence-electron chi connectivity index (χ3n) is 3.77. The Balaban J connectivity index is 2.35. The maximum Gasteiger partial charge on any atom is 0.311 e. The quantitative estimate of drug-likeness (QED) is 0.844. The Morgan fingerprint density at radius 2 is 1.87 bits per heavy atom. The lowest BCUT2D eigenvalue weighted by Gasteiger charge is -2.17. The molecule has 0 radical (unpaired) electrons. The smallest absolute Gasteiger partial charge is 0.311 e. The Hall–Kier alpha value is -2.49. The number of aryl methyl sites for hydroxylation is 1. The molecule has 0 fully saturated rings. The summed E-state index contributed by atoms with van der Waals surface area (Å²) in [4.78, 5) is 11.7. The van der Waals surface area contributed by atoms with E-state index in [4.69, 9.17) is 9.47 Å². The van der Waals surface area contributed by atoms with Gasteiger partial charge >= 0.3 is 5.97 Å². The zero-order chi connectivity index (χ0) is 16.8. The molecule has 0 aliphatic heterocycles. The molecule has 2 aromatic carbocycles. The Morgan fingerprint density at radius 1 is 1.17 bits per heavy atom. The van der Waals surface area contributed by atoms with Crippen molar-refractivity contribution in [2.24, 2.45) is 0 Å². The summed E-state index contributed by atoms with van der Waals surface area (Å²) in [5.41, 5.74) is 2.72. The average Bonchev–Trinajstić information content (AvgIpc) is 2.54.